The highest BCUT2D eigenvalue weighted by Gasteiger charge is 2.20. The summed E-state index contributed by atoms with van der Waals surface area (Å²) in [6, 6.07) is 5.70. The van der Waals surface area contributed by atoms with Crippen LogP contribution in [0.4, 0.5) is 16.5 Å². The summed E-state index contributed by atoms with van der Waals surface area (Å²) < 4.78 is 0. The van der Waals surface area contributed by atoms with Crippen LogP contribution in [0.2, 0.25) is 5.02 Å². The molecule has 0 atom stereocenters. The number of hydrogen-bond donors (Lipinski definition) is 1. The minimum Gasteiger partial charge on any atom is -0.397 e. The largest absolute Gasteiger partial charge is 0.397 e. The van der Waals surface area contributed by atoms with E-state index >= 15 is 0 Å². The van der Waals surface area contributed by atoms with Crippen molar-refractivity contribution in [2.45, 2.75) is 0 Å². The Hall–Kier alpha value is -1.46. The summed E-state index contributed by atoms with van der Waals surface area (Å²) in [5, 5.41) is 3.80. The molecule has 0 unspecified atom stereocenters. The van der Waals surface area contributed by atoms with Crippen molar-refractivity contribution < 1.29 is 0 Å². The number of halogens is 1. The summed E-state index contributed by atoms with van der Waals surface area (Å²) >= 11 is 7.62. The van der Waals surface area contributed by atoms with Gasteiger partial charge in [0.2, 0.25) is 0 Å². The molecule has 0 bridgehead atoms. The molecule has 1 saturated heterocycles. The second-order valence-corrected chi connectivity index (χ2v) is 5.80. The Morgan fingerprint density at radius 1 is 1.16 bits per heavy atom. The summed E-state index contributed by atoms with van der Waals surface area (Å²) in [4.78, 5) is 8.96. The third-order valence-corrected chi connectivity index (χ3v) is 4.37. The van der Waals surface area contributed by atoms with Crippen LogP contribution < -0.4 is 15.5 Å². The van der Waals surface area contributed by atoms with Gasteiger partial charge in [0.1, 0.15) is 0 Å². The van der Waals surface area contributed by atoms with Crippen LogP contribution in [0.25, 0.3) is 0 Å². The van der Waals surface area contributed by atoms with Gasteiger partial charge in [-0.3, -0.25) is 0 Å². The summed E-state index contributed by atoms with van der Waals surface area (Å²) in [7, 11) is 0. The SMILES string of the molecule is Nc1cc(Cl)ccc1N1CCN(c2nccs2)CC1. The normalized spacial score (nSPS) is 15.8. The molecule has 2 aromatic rings. The van der Waals surface area contributed by atoms with Crippen molar-refractivity contribution in [1.29, 1.82) is 0 Å². The van der Waals surface area contributed by atoms with Crippen LogP contribution in [0.5, 0.6) is 0 Å². The molecule has 1 aromatic carbocycles. The van der Waals surface area contributed by atoms with Crippen LogP contribution in [0.1, 0.15) is 0 Å². The molecule has 4 nitrogen and oxygen atoms in total. The zero-order chi connectivity index (χ0) is 13.2. The van der Waals surface area contributed by atoms with Gasteiger partial charge in [-0.25, -0.2) is 4.98 Å². The van der Waals surface area contributed by atoms with Crippen LogP contribution in [0.3, 0.4) is 0 Å². The fourth-order valence-corrected chi connectivity index (χ4v) is 3.20. The summed E-state index contributed by atoms with van der Waals surface area (Å²) in [5.41, 5.74) is 7.85. The first-order valence-corrected chi connectivity index (χ1v) is 7.44. The average Bonchev–Trinajstić information content (AvgIpc) is 2.93. The van der Waals surface area contributed by atoms with Gasteiger partial charge in [-0.1, -0.05) is 11.6 Å². The van der Waals surface area contributed by atoms with E-state index < -0.39 is 0 Å². The van der Waals surface area contributed by atoms with Gasteiger partial charge in [0, 0.05) is 42.8 Å². The molecule has 2 heterocycles. The topological polar surface area (TPSA) is 45.4 Å². The number of piperazine rings is 1. The highest BCUT2D eigenvalue weighted by molar-refractivity contribution is 7.13. The van der Waals surface area contributed by atoms with Gasteiger partial charge in [0.15, 0.2) is 5.13 Å². The maximum Gasteiger partial charge on any atom is 0.185 e. The lowest BCUT2D eigenvalue weighted by atomic mass is 10.2. The van der Waals surface area contributed by atoms with Gasteiger partial charge in [-0.2, -0.15) is 0 Å². The van der Waals surface area contributed by atoms with Crippen LogP contribution >= 0.6 is 22.9 Å². The fraction of sp³-hybridized carbons (Fsp3) is 0.308. The number of nitrogens with two attached hydrogens (primary N) is 1. The molecule has 100 valence electrons. The molecule has 0 saturated carbocycles. The Labute approximate surface area is 121 Å². The van der Waals surface area contributed by atoms with Crippen molar-refractivity contribution in [3.05, 3.63) is 34.8 Å². The van der Waals surface area contributed by atoms with E-state index in [0.717, 1.165) is 42.7 Å². The Bertz CT molecular complexity index is 550. The van der Waals surface area contributed by atoms with Crippen molar-refractivity contribution in [2.75, 3.05) is 41.7 Å². The van der Waals surface area contributed by atoms with E-state index in [2.05, 4.69) is 14.8 Å². The first-order valence-electron chi connectivity index (χ1n) is 6.18. The summed E-state index contributed by atoms with van der Waals surface area (Å²) in [5.74, 6) is 0. The minimum absolute atomic E-state index is 0.683. The highest BCUT2D eigenvalue weighted by Crippen LogP contribution is 2.28. The van der Waals surface area contributed by atoms with E-state index in [9.17, 15) is 0 Å². The average molecular weight is 295 g/mol. The molecule has 0 spiro atoms. The van der Waals surface area contributed by atoms with E-state index in [1.54, 1.807) is 11.3 Å². The minimum atomic E-state index is 0.683. The number of rotatable bonds is 2. The maximum absolute atomic E-state index is 6.03. The van der Waals surface area contributed by atoms with E-state index in [0.29, 0.717) is 5.02 Å². The van der Waals surface area contributed by atoms with Crippen LogP contribution in [-0.2, 0) is 0 Å². The molecule has 2 N–H and O–H groups in total. The third kappa shape index (κ3) is 2.62. The van der Waals surface area contributed by atoms with Gasteiger partial charge in [-0.15, -0.1) is 11.3 Å². The molecular weight excluding hydrogens is 280 g/mol. The van der Waals surface area contributed by atoms with Crippen molar-refractivity contribution in [2.24, 2.45) is 0 Å². The van der Waals surface area contributed by atoms with Crippen molar-refractivity contribution >= 4 is 39.4 Å². The Morgan fingerprint density at radius 3 is 2.53 bits per heavy atom. The number of thiazole rings is 1. The van der Waals surface area contributed by atoms with E-state index in [1.807, 2.05) is 29.8 Å². The number of nitrogen functional groups attached to an aromatic ring is 1. The highest BCUT2D eigenvalue weighted by atomic mass is 35.5. The van der Waals surface area contributed by atoms with E-state index in [4.69, 9.17) is 17.3 Å². The molecule has 1 fully saturated rings. The van der Waals surface area contributed by atoms with Gasteiger partial charge in [0.05, 0.1) is 11.4 Å². The zero-order valence-electron chi connectivity index (χ0n) is 10.4. The molecule has 0 amide bonds. The maximum atomic E-state index is 6.03. The number of anilines is 3. The summed E-state index contributed by atoms with van der Waals surface area (Å²) in [6.45, 7) is 3.84. The molecule has 3 rings (SSSR count). The van der Waals surface area contributed by atoms with Crippen molar-refractivity contribution in [1.82, 2.24) is 4.98 Å². The first kappa shape index (κ1) is 12.6. The Balaban J connectivity index is 1.70. The quantitative estimate of drug-likeness (QED) is 0.865. The van der Waals surface area contributed by atoms with Gasteiger partial charge in [-0.05, 0) is 18.2 Å². The van der Waals surface area contributed by atoms with Gasteiger partial charge < -0.3 is 15.5 Å². The van der Waals surface area contributed by atoms with Crippen molar-refractivity contribution in [3.8, 4) is 0 Å². The first-order chi connectivity index (χ1) is 9.24. The smallest absolute Gasteiger partial charge is 0.185 e. The lowest BCUT2D eigenvalue weighted by Gasteiger charge is -2.36. The second-order valence-electron chi connectivity index (χ2n) is 4.49. The van der Waals surface area contributed by atoms with Gasteiger partial charge in [0.25, 0.3) is 0 Å². The summed E-state index contributed by atoms with van der Waals surface area (Å²) in [6.07, 6.45) is 1.85. The number of hydrogen-bond acceptors (Lipinski definition) is 5. The molecule has 0 aliphatic carbocycles. The van der Waals surface area contributed by atoms with E-state index in [1.165, 1.54) is 0 Å². The molecule has 1 aliphatic heterocycles. The lowest BCUT2D eigenvalue weighted by Crippen LogP contribution is -2.46. The second kappa shape index (κ2) is 5.27. The predicted octanol–water partition coefficient (Wildman–Crippen LogP) is 2.71. The lowest BCUT2D eigenvalue weighted by molar-refractivity contribution is 0.653. The predicted molar refractivity (Wildman–Crippen MR) is 82.4 cm³/mol. The Kier molecular flexibility index (Phi) is 3.48. The van der Waals surface area contributed by atoms with Crippen LogP contribution in [-0.4, -0.2) is 31.2 Å². The van der Waals surface area contributed by atoms with E-state index in [-0.39, 0.29) is 0 Å². The molecule has 6 heteroatoms. The fourth-order valence-electron chi connectivity index (χ4n) is 2.32. The molecule has 0 radical (unpaired) electrons. The van der Waals surface area contributed by atoms with Crippen LogP contribution in [0.15, 0.2) is 29.8 Å². The van der Waals surface area contributed by atoms with Crippen molar-refractivity contribution in [3.63, 3.8) is 0 Å². The Morgan fingerprint density at radius 2 is 1.89 bits per heavy atom. The third-order valence-electron chi connectivity index (χ3n) is 3.30. The number of benzene rings is 1. The number of nitrogens with zero attached hydrogens (tertiary/aromatic N) is 3. The van der Waals surface area contributed by atoms with Gasteiger partial charge >= 0.3 is 0 Å². The molecule has 19 heavy (non-hydrogen) atoms. The van der Waals surface area contributed by atoms with Crippen LogP contribution in [0, 0.1) is 0 Å². The molecule has 1 aliphatic rings. The molecular formula is C13H15ClN4S. The number of aromatic nitrogens is 1. The standard InChI is InChI=1S/C13H15ClN4S/c14-10-1-2-12(11(15)9-10)17-4-6-18(7-5-17)13-16-3-8-19-13/h1-3,8-9H,4-7,15H2. The zero-order valence-corrected chi connectivity index (χ0v) is 12.0. The monoisotopic (exact) mass is 294 g/mol. The molecule has 1 aromatic heterocycles.